The number of hydrogen-bond acceptors (Lipinski definition) is 6. The van der Waals surface area contributed by atoms with Crippen molar-refractivity contribution in [2.24, 2.45) is 0 Å². The fourth-order valence-corrected chi connectivity index (χ4v) is 6.24. The van der Waals surface area contributed by atoms with Crippen molar-refractivity contribution >= 4 is 28.1 Å². The molecule has 0 radical (unpaired) electrons. The van der Waals surface area contributed by atoms with Gasteiger partial charge in [0.1, 0.15) is 5.82 Å². The molecule has 0 amide bonds. The summed E-state index contributed by atoms with van der Waals surface area (Å²) in [7, 11) is 0. The number of rotatable bonds is 5. The van der Waals surface area contributed by atoms with Gasteiger partial charge in [0.2, 0.25) is 0 Å². The van der Waals surface area contributed by atoms with Gasteiger partial charge in [0.25, 0.3) is 5.56 Å². The largest absolute Gasteiger partial charge is 0.274 e. The molecule has 0 unspecified atom stereocenters. The highest BCUT2D eigenvalue weighted by atomic mass is 32.2. The Balaban J connectivity index is 1.33. The Bertz CT molecular complexity index is 1290. The molecule has 0 N–H and O–H groups in total. The van der Waals surface area contributed by atoms with Crippen LogP contribution in [0.1, 0.15) is 53.7 Å². The van der Waals surface area contributed by atoms with Gasteiger partial charge >= 0.3 is 0 Å². The number of para-hydroxylation sites is 1. The lowest BCUT2D eigenvalue weighted by molar-refractivity contribution is 0.670. The molecule has 0 bridgehead atoms. The molecule has 2 aliphatic carbocycles. The monoisotopic (exact) mass is 435 g/mol. The van der Waals surface area contributed by atoms with Crippen molar-refractivity contribution < 1.29 is 0 Å². The van der Waals surface area contributed by atoms with Gasteiger partial charge in [-0.05, 0) is 50.7 Å². The average molecular weight is 436 g/mol. The van der Waals surface area contributed by atoms with E-state index in [0.717, 1.165) is 46.6 Å². The predicted octanol–water partition coefficient (Wildman–Crippen LogP) is 4.39. The molecule has 3 aromatic heterocycles. The molecular weight excluding hydrogens is 414 g/mol. The topological polar surface area (TPSA) is 65.1 Å². The number of benzene rings is 1. The molecule has 6 nitrogen and oxygen atoms in total. The van der Waals surface area contributed by atoms with E-state index in [9.17, 15) is 4.79 Å². The SMILES string of the molecule is O=c1cc(CSc2nnc(C3CC3)n2-c2ccccc2)nc2sc3c(n12)CCCC3. The van der Waals surface area contributed by atoms with Crippen LogP contribution < -0.4 is 5.56 Å². The molecule has 152 valence electrons. The van der Waals surface area contributed by atoms with Crippen LogP contribution in [-0.4, -0.2) is 24.1 Å². The second kappa shape index (κ2) is 7.35. The average Bonchev–Trinajstić information content (AvgIpc) is 3.41. The third-order valence-electron chi connectivity index (χ3n) is 5.78. The number of fused-ring (bicyclic) bond motifs is 3. The Morgan fingerprint density at radius 1 is 1.10 bits per heavy atom. The molecule has 0 spiro atoms. The third-order valence-corrected chi connectivity index (χ3v) is 7.88. The van der Waals surface area contributed by atoms with Gasteiger partial charge in [-0.2, -0.15) is 0 Å². The molecule has 8 heteroatoms. The van der Waals surface area contributed by atoms with Crippen molar-refractivity contribution in [3.8, 4) is 5.69 Å². The number of aromatic nitrogens is 5. The minimum absolute atomic E-state index is 0.0400. The van der Waals surface area contributed by atoms with Crippen LogP contribution in [0.25, 0.3) is 10.6 Å². The molecule has 30 heavy (non-hydrogen) atoms. The zero-order valence-corrected chi connectivity index (χ0v) is 18.1. The van der Waals surface area contributed by atoms with E-state index in [1.54, 1.807) is 29.2 Å². The molecular formula is C22H21N5OS2. The summed E-state index contributed by atoms with van der Waals surface area (Å²) in [6, 6.07) is 12.0. The quantitative estimate of drug-likeness (QED) is 0.435. The number of hydrogen-bond donors (Lipinski definition) is 0. The van der Waals surface area contributed by atoms with Crippen LogP contribution in [0, 0.1) is 0 Å². The van der Waals surface area contributed by atoms with Crippen molar-refractivity contribution in [3.63, 3.8) is 0 Å². The predicted molar refractivity (Wildman–Crippen MR) is 119 cm³/mol. The molecule has 1 saturated carbocycles. The minimum atomic E-state index is 0.0400. The van der Waals surface area contributed by atoms with E-state index < -0.39 is 0 Å². The van der Waals surface area contributed by atoms with Gasteiger partial charge in [-0.15, -0.1) is 21.5 Å². The van der Waals surface area contributed by atoms with Gasteiger partial charge in [-0.25, -0.2) is 4.98 Å². The maximum absolute atomic E-state index is 12.8. The Kier molecular flexibility index (Phi) is 4.49. The lowest BCUT2D eigenvalue weighted by Crippen LogP contribution is -2.17. The van der Waals surface area contributed by atoms with Crippen LogP contribution in [0.15, 0.2) is 46.3 Å². The second-order valence-electron chi connectivity index (χ2n) is 7.96. The van der Waals surface area contributed by atoms with E-state index in [1.807, 2.05) is 22.6 Å². The lowest BCUT2D eigenvalue weighted by Gasteiger charge is -2.10. The molecule has 1 fully saturated rings. The molecule has 4 aromatic rings. The summed E-state index contributed by atoms with van der Waals surface area (Å²) in [5.41, 5.74) is 3.11. The first kappa shape index (κ1) is 18.3. The highest BCUT2D eigenvalue weighted by molar-refractivity contribution is 7.98. The Labute approximate surface area is 182 Å². The van der Waals surface area contributed by atoms with E-state index >= 15 is 0 Å². The van der Waals surface area contributed by atoms with Crippen LogP contribution >= 0.6 is 23.1 Å². The zero-order chi connectivity index (χ0) is 20.1. The first-order valence-corrected chi connectivity index (χ1v) is 12.2. The summed E-state index contributed by atoms with van der Waals surface area (Å²) in [6.45, 7) is 0. The van der Waals surface area contributed by atoms with Crippen LogP contribution in [0.3, 0.4) is 0 Å². The highest BCUT2D eigenvalue weighted by Gasteiger charge is 2.31. The van der Waals surface area contributed by atoms with Gasteiger partial charge in [0.05, 0.1) is 5.69 Å². The molecule has 6 rings (SSSR count). The lowest BCUT2D eigenvalue weighted by atomic mass is 10.0. The molecule has 0 aliphatic heterocycles. The van der Waals surface area contributed by atoms with Crippen LogP contribution in [0.4, 0.5) is 0 Å². The Morgan fingerprint density at radius 2 is 1.93 bits per heavy atom. The van der Waals surface area contributed by atoms with E-state index in [0.29, 0.717) is 11.7 Å². The Morgan fingerprint density at radius 3 is 2.77 bits per heavy atom. The van der Waals surface area contributed by atoms with E-state index in [1.165, 1.54) is 29.8 Å². The summed E-state index contributed by atoms with van der Waals surface area (Å²) < 4.78 is 3.99. The first-order chi connectivity index (χ1) is 14.8. The molecule has 0 atom stereocenters. The summed E-state index contributed by atoms with van der Waals surface area (Å²) >= 11 is 3.27. The highest BCUT2D eigenvalue weighted by Crippen LogP contribution is 2.41. The van der Waals surface area contributed by atoms with Crippen LogP contribution in [-0.2, 0) is 18.6 Å². The third kappa shape index (κ3) is 3.18. The molecule has 1 aromatic carbocycles. The number of aryl methyl sites for hydroxylation is 2. The van der Waals surface area contributed by atoms with Crippen molar-refractivity contribution in [1.29, 1.82) is 0 Å². The van der Waals surface area contributed by atoms with Crippen LogP contribution in [0.5, 0.6) is 0 Å². The maximum atomic E-state index is 12.8. The molecule has 3 heterocycles. The van der Waals surface area contributed by atoms with Crippen molar-refractivity contribution in [1.82, 2.24) is 24.1 Å². The second-order valence-corrected chi connectivity index (χ2v) is 9.96. The summed E-state index contributed by atoms with van der Waals surface area (Å²) in [5.74, 6) is 2.14. The number of thioether (sulfide) groups is 1. The summed E-state index contributed by atoms with van der Waals surface area (Å²) in [6.07, 6.45) is 6.75. The zero-order valence-electron chi connectivity index (χ0n) is 16.5. The molecule has 2 aliphatic rings. The van der Waals surface area contributed by atoms with Gasteiger partial charge in [0.15, 0.2) is 10.1 Å². The summed E-state index contributed by atoms with van der Waals surface area (Å²) in [5, 5.41) is 9.82. The standard InChI is InChI=1S/C22H21N5OS2/c28-19-12-15(23-21-27(19)17-8-4-5-9-18(17)30-21)13-29-22-25-24-20(14-10-11-14)26(22)16-6-2-1-3-7-16/h1-3,6-7,12,14H,4-5,8-11,13H2. The first-order valence-electron chi connectivity index (χ1n) is 10.4. The number of thiazole rings is 1. The smallest absolute Gasteiger partial charge is 0.259 e. The minimum Gasteiger partial charge on any atom is -0.274 e. The van der Waals surface area contributed by atoms with E-state index in [-0.39, 0.29) is 5.56 Å². The van der Waals surface area contributed by atoms with E-state index in [4.69, 9.17) is 4.98 Å². The summed E-state index contributed by atoms with van der Waals surface area (Å²) in [4.78, 5) is 19.8. The van der Waals surface area contributed by atoms with Gasteiger partial charge in [-0.1, -0.05) is 30.0 Å². The van der Waals surface area contributed by atoms with E-state index in [2.05, 4.69) is 26.9 Å². The van der Waals surface area contributed by atoms with Gasteiger partial charge in [0, 0.05) is 34.0 Å². The fourth-order valence-electron chi connectivity index (χ4n) is 4.15. The van der Waals surface area contributed by atoms with Crippen molar-refractivity contribution in [2.75, 3.05) is 0 Å². The number of nitrogens with zero attached hydrogens (tertiary/aromatic N) is 5. The van der Waals surface area contributed by atoms with Crippen molar-refractivity contribution in [2.45, 2.75) is 55.4 Å². The Hall–Kier alpha value is -2.45. The normalized spacial score (nSPS) is 16.1. The molecule has 0 saturated heterocycles. The van der Waals surface area contributed by atoms with Crippen LogP contribution in [0.2, 0.25) is 0 Å². The maximum Gasteiger partial charge on any atom is 0.259 e. The van der Waals surface area contributed by atoms with Gasteiger partial charge in [-0.3, -0.25) is 13.8 Å². The fraction of sp³-hybridized carbons (Fsp3) is 0.364. The van der Waals surface area contributed by atoms with Gasteiger partial charge < -0.3 is 0 Å². The van der Waals surface area contributed by atoms with Crippen molar-refractivity contribution in [3.05, 3.63) is 68.8 Å².